The number of nitrogen functional groups attached to an aromatic ring is 1. The van der Waals surface area contributed by atoms with Crippen molar-refractivity contribution in [3.05, 3.63) is 39.4 Å². The first-order valence-corrected chi connectivity index (χ1v) is 7.71. The highest BCUT2D eigenvalue weighted by Gasteiger charge is 2.15. The minimum atomic E-state index is -0.370. The summed E-state index contributed by atoms with van der Waals surface area (Å²) in [5.74, 6) is 0.325. The minimum Gasteiger partial charge on any atom is -0.383 e. The van der Waals surface area contributed by atoms with Gasteiger partial charge < -0.3 is 5.73 Å². The van der Waals surface area contributed by atoms with E-state index < -0.39 is 0 Å². The average molecular weight is 352 g/mol. The number of thiophene rings is 1. The summed E-state index contributed by atoms with van der Waals surface area (Å²) in [6, 6.07) is 6.77. The summed E-state index contributed by atoms with van der Waals surface area (Å²) in [6.07, 6.45) is 0.916. The van der Waals surface area contributed by atoms with Gasteiger partial charge in [-0.1, -0.05) is 13.0 Å². The Morgan fingerprint density at radius 1 is 1.35 bits per heavy atom. The van der Waals surface area contributed by atoms with Crippen LogP contribution in [0.15, 0.2) is 28.7 Å². The van der Waals surface area contributed by atoms with Gasteiger partial charge in [-0.25, -0.2) is 14.4 Å². The van der Waals surface area contributed by atoms with E-state index in [0.29, 0.717) is 21.7 Å². The zero-order valence-corrected chi connectivity index (χ0v) is 13.1. The highest BCUT2D eigenvalue weighted by Crippen LogP contribution is 2.33. The molecule has 0 spiro atoms. The van der Waals surface area contributed by atoms with Crippen molar-refractivity contribution in [3.63, 3.8) is 0 Å². The van der Waals surface area contributed by atoms with Gasteiger partial charge in [0.2, 0.25) is 0 Å². The molecule has 0 aliphatic carbocycles. The number of halogens is 2. The maximum atomic E-state index is 14.0. The molecule has 6 heteroatoms. The van der Waals surface area contributed by atoms with E-state index in [0.717, 1.165) is 16.6 Å². The van der Waals surface area contributed by atoms with Crippen molar-refractivity contribution in [3.8, 4) is 11.4 Å². The van der Waals surface area contributed by atoms with Gasteiger partial charge in [0.05, 0.1) is 10.9 Å². The second-order valence-corrected chi connectivity index (χ2v) is 6.28. The normalized spacial score (nSPS) is 11.2. The summed E-state index contributed by atoms with van der Waals surface area (Å²) in [6.45, 7) is 2.07. The van der Waals surface area contributed by atoms with E-state index in [1.54, 1.807) is 23.5 Å². The van der Waals surface area contributed by atoms with Gasteiger partial charge in [0.1, 0.15) is 16.5 Å². The largest absolute Gasteiger partial charge is 0.383 e. The number of nitrogens with two attached hydrogens (primary N) is 1. The van der Waals surface area contributed by atoms with Crippen LogP contribution in [0, 0.1) is 5.82 Å². The molecular weight excluding hydrogens is 341 g/mol. The number of hydrogen-bond acceptors (Lipinski definition) is 4. The number of fused-ring (bicyclic) bond motifs is 1. The first-order valence-electron chi connectivity index (χ1n) is 6.10. The van der Waals surface area contributed by atoms with Crippen molar-refractivity contribution in [2.75, 3.05) is 5.73 Å². The van der Waals surface area contributed by atoms with E-state index in [-0.39, 0.29) is 5.82 Å². The Kier molecular flexibility index (Phi) is 3.43. The Bertz CT molecular complexity index is 780. The van der Waals surface area contributed by atoms with Crippen molar-refractivity contribution < 1.29 is 4.39 Å². The molecule has 0 fully saturated rings. The summed E-state index contributed by atoms with van der Waals surface area (Å²) in [5, 5.41) is 0.836. The van der Waals surface area contributed by atoms with Crippen LogP contribution in [0.25, 0.3) is 21.6 Å². The van der Waals surface area contributed by atoms with Crippen LogP contribution in [0.2, 0.25) is 0 Å². The standard InChI is InChI=1S/C14H11BrFN3S/c1-2-7-6-8-12(17)18-13(19-14(8)20-7)11-9(15)4-3-5-10(11)16/h3-6H,2H2,1H3,(H2,17,18,19). The maximum absolute atomic E-state index is 14.0. The Morgan fingerprint density at radius 3 is 2.85 bits per heavy atom. The molecule has 0 unspecified atom stereocenters. The van der Waals surface area contributed by atoms with Crippen LogP contribution < -0.4 is 5.73 Å². The fourth-order valence-corrected chi connectivity index (χ4v) is 3.49. The molecule has 3 aromatic rings. The maximum Gasteiger partial charge on any atom is 0.167 e. The van der Waals surface area contributed by atoms with Crippen molar-refractivity contribution in [1.29, 1.82) is 0 Å². The molecule has 0 aliphatic rings. The van der Waals surface area contributed by atoms with Crippen molar-refractivity contribution in [1.82, 2.24) is 9.97 Å². The summed E-state index contributed by atoms with van der Waals surface area (Å²) in [4.78, 5) is 10.7. The smallest absolute Gasteiger partial charge is 0.167 e. The molecule has 0 amide bonds. The van der Waals surface area contributed by atoms with Crippen LogP contribution in [0.5, 0.6) is 0 Å². The van der Waals surface area contributed by atoms with Gasteiger partial charge >= 0.3 is 0 Å². The van der Waals surface area contributed by atoms with Crippen LogP contribution in [0.1, 0.15) is 11.8 Å². The van der Waals surface area contributed by atoms with Gasteiger partial charge in [0, 0.05) is 9.35 Å². The lowest BCUT2D eigenvalue weighted by molar-refractivity contribution is 0.629. The number of hydrogen-bond donors (Lipinski definition) is 1. The zero-order valence-electron chi connectivity index (χ0n) is 10.7. The molecule has 0 radical (unpaired) electrons. The number of aromatic nitrogens is 2. The van der Waals surface area contributed by atoms with E-state index in [9.17, 15) is 4.39 Å². The van der Waals surface area contributed by atoms with Gasteiger partial charge in [0.25, 0.3) is 0 Å². The molecule has 3 nitrogen and oxygen atoms in total. The lowest BCUT2D eigenvalue weighted by atomic mass is 10.2. The number of aryl methyl sites for hydroxylation is 1. The molecule has 0 saturated carbocycles. The second-order valence-electron chi connectivity index (χ2n) is 4.31. The molecule has 2 N–H and O–H groups in total. The average Bonchev–Trinajstić information content (AvgIpc) is 2.82. The Labute approximate surface area is 127 Å². The van der Waals surface area contributed by atoms with E-state index in [1.807, 2.05) is 6.07 Å². The third-order valence-electron chi connectivity index (χ3n) is 3.01. The number of benzene rings is 1. The molecule has 102 valence electrons. The molecule has 1 aromatic carbocycles. The molecule has 0 saturated heterocycles. The molecule has 2 heterocycles. The van der Waals surface area contributed by atoms with Gasteiger partial charge in [-0.2, -0.15) is 0 Å². The number of rotatable bonds is 2. The fourth-order valence-electron chi connectivity index (χ4n) is 1.99. The van der Waals surface area contributed by atoms with E-state index in [2.05, 4.69) is 32.8 Å². The van der Waals surface area contributed by atoms with Gasteiger partial charge in [-0.15, -0.1) is 11.3 Å². The van der Waals surface area contributed by atoms with Crippen molar-refractivity contribution in [2.45, 2.75) is 13.3 Å². The van der Waals surface area contributed by atoms with Gasteiger partial charge in [-0.3, -0.25) is 0 Å². The Morgan fingerprint density at radius 2 is 2.15 bits per heavy atom. The molecule has 2 aromatic heterocycles. The lowest BCUT2D eigenvalue weighted by Crippen LogP contribution is -1.98. The molecule has 0 aliphatic heterocycles. The van der Waals surface area contributed by atoms with Crippen LogP contribution in [0.4, 0.5) is 10.2 Å². The predicted molar refractivity (Wildman–Crippen MR) is 84.3 cm³/mol. The van der Waals surface area contributed by atoms with Crippen molar-refractivity contribution in [2.24, 2.45) is 0 Å². The third-order valence-corrected chi connectivity index (χ3v) is 4.84. The number of nitrogens with zero attached hydrogens (tertiary/aromatic N) is 2. The first kappa shape index (κ1) is 13.5. The SMILES string of the molecule is CCc1cc2c(N)nc(-c3c(F)cccc3Br)nc2s1. The highest BCUT2D eigenvalue weighted by molar-refractivity contribution is 9.10. The van der Waals surface area contributed by atoms with Crippen LogP contribution in [-0.2, 0) is 6.42 Å². The van der Waals surface area contributed by atoms with Gasteiger partial charge in [-0.05, 0) is 40.5 Å². The quantitative estimate of drug-likeness (QED) is 0.744. The Hall–Kier alpha value is -1.53. The van der Waals surface area contributed by atoms with Crippen molar-refractivity contribution >= 4 is 43.3 Å². The molecular formula is C14H11BrFN3S. The second kappa shape index (κ2) is 5.10. The summed E-state index contributed by atoms with van der Waals surface area (Å²) in [7, 11) is 0. The minimum absolute atomic E-state index is 0.310. The van der Waals surface area contributed by atoms with Crippen LogP contribution >= 0.6 is 27.3 Å². The third kappa shape index (κ3) is 2.19. The molecule has 20 heavy (non-hydrogen) atoms. The lowest BCUT2D eigenvalue weighted by Gasteiger charge is -2.05. The van der Waals surface area contributed by atoms with Crippen LogP contribution in [0.3, 0.4) is 0 Å². The summed E-state index contributed by atoms with van der Waals surface area (Å²) in [5.41, 5.74) is 6.32. The Balaban J connectivity index is 2.27. The fraction of sp³-hybridized carbons (Fsp3) is 0.143. The zero-order chi connectivity index (χ0) is 14.3. The van der Waals surface area contributed by atoms with Gasteiger partial charge in [0.15, 0.2) is 5.82 Å². The molecule has 0 bridgehead atoms. The topological polar surface area (TPSA) is 51.8 Å². The highest BCUT2D eigenvalue weighted by atomic mass is 79.9. The van der Waals surface area contributed by atoms with E-state index >= 15 is 0 Å². The van der Waals surface area contributed by atoms with Crippen LogP contribution in [-0.4, -0.2) is 9.97 Å². The first-order chi connectivity index (χ1) is 9.60. The number of anilines is 1. The molecule has 3 rings (SSSR count). The molecule has 0 atom stereocenters. The van der Waals surface area contributed by atoms with E-state index in [1.165, 1.54) is 10.9 Å². The summed E-state index contributed by atoms with van der Waals surface area (Å²) >= 11 is 4.90. The summed E-state index contributed by atoms with van der Waals surface area (Å²) < 4.78 is 14.6. The predicted octanol–water partition coefficient (Wildman–Crippen LogP) is 4.40. The van der Waals surface area contributed by atoms with E-state index in [4.69, 9.17) is 5.73 Å². The monoisotopic (exact) mass is 351 g/mol.